The van der Waals surface area contributed by atoms with Crippen molar-refractivity contribution in [3.05, 3.63) is 62.2 Å². The number of rotatable bonds is 7. The largest absolute Gasteiger partial charge is 0.493 e. The lowest BCUT2D eigenvalue weighted by molar-refractivity contribution is 0.103. The summed E-state index contributed by atoms with van der Waals surface area (Å²) in [6, 6.07) is 9.92. The predicted octanol–water partition coefficient (Wildman–Crippen LogP) is 5.03. The lowest BCUT2D eigenvalue weighted by Crippen LogP contribution is -2.46. The summed E-state index contributed by atoms with van der Waals surface area (Å²) in [5.74, 6) is 1.36. The molecule has 1 amide bonds. The lowest BCUT2D eigenvalue weighted by Gasteiger charge is -2.39. The van der Waals surface area contributed by atoms with Crippen molar-refractivity contribution in [2.45, 2.75) is 19.9 Å². The number of carbonyl (C=O) groups is 1. The molecule has 1 saturated heterocycles. The summed E-state index contributed by atoms with van der Waals surface area (Å²) in [5.41, 5.74) is 3.52. The van der Waals surface area contributed by atoms with Crippen molar-refractivity contribution in [1.82, 2.24) is 9.80 Å². The number of nitrogens with one attached hydrogen (secondary N) is 1. The molecule has 0 saturated carbocycles. The molecule has 1 aliphatic heterocycles. The Hall–Kier alpha value is -2.39. The standard InChI is InChI=1S/C25H31N3O3S2/c1-16-17(2)33-25(26-24(29)21-7-6-14-32-21)22(16)23(28-12-10-27(3)11-13-28)18-8-9-19(30-4)20(15-18)31-5/h6-9,14-15,23H,10-13H2,1-5H3,(H,26,29). The van der Waals surface area contributed by atoms with E-state index in [0.717, 1.165) is 36.7 Å². The van der Waals surface area contributed by atoms with E-state index in [4.69, 9.17) is 9.47 Å². The van der Waals surface area contributed by atoms with Crippen molar-refractivity contribution < 1.29 is 14.3 Å². The fourth-order valence-corrected chi connectivity index (χ4v) is 6.01. The molecule has 6 nitrogen and oxygen atoms in total. The summed E-state index contributed by atoms with van der Waals surface area (Å²) >= 11 is 3.11. The number of methoxy groups -OCH3 is 2. The van der Waals surface area contributed by atoms with Crippen LogP contribution in [0.15, 0.2) is 35.7 Å². The quantitative estimate of drug-likeness (QED) is 0.509. The molecule has 0 spiro atoms. The average Bonchev–Trinajstić information content (AvgIpc) is 3.45. The Kier molecular flexibility index (Phi) is 7.38. The first-order valence-electron chi connectivity index (χ1n) is 11.0. The van der Waals surface area contributed by atoms with E-state index in [1.54, 1.807) is 25.6 Å². The third kappa shape index (κ3) is 4.94. The Morgan fingerprint density at radius 2 is 1.79 bits per heavy atom. The van der Waals surface area contributed by atoms with Gasteiger partial charge in [-0.2, -0.15) is 0 Å². The number of thiophene rings is 2. The number of aryl methyl sites for hydroxylation is 1. The van der Waals surface area contributed by atoms with Crippen LogP contribution < -0.4 is 14.8 Å². The molecule has 1 N–H and O–H groups in total. The van der Waals surface area contributed by atoms with E-state index in [1.165, 1.54) is 27.3 Å². The van der Waals surface area contributed by atoms with Crippen molar-refractivity contribution in [2.24, 2.45) is 0 Å². The first-order chi connectivity index (χ1) is 15.9. The Morgan fingerprint density at radius 3 is 2.42 bits per heavy atom. The van der Waals surface area contributed by atoms with Crippen molar-refractivity contribution in [2.75, 3.05) is 52.8 Å². The molecule has 1 fully saturated rings. The summed E-state index contributed by atoms with van der Waals surface area (Å²) in [7, 11) is 5.48. The van der Waals surface area contributed by atoms with Gasteiger partial charge in [0.2, 0.25) is 0 Å². The maximum Gasteiger partial charge on any atom is 0.266 e. The van der Waals surface area contributed by atoms with Gasteiger partial charge < -0.3 is 19.7 Å². The van der Waals surface area contributed by atoms with Gasteiger partial charge in [0.15, 0.2) is 11.5 Å². The molecule has 2 aromatic heterocycles. The highest BCUT2D eigenvalue weighted by Crippen LogP contribution is 2.44. The third-order valence-corrected chi connectivity index (χ3v) is 8.31. The number of hydrogen-bond acceptors (Lipinski definition) is 7. The summed E-state index contributed by atoms with van der Waals surface area (Å²) < 4.78 is 11.1. The maximum absolute atomic E-state index is 13.0. The van der Waals surface area contributed by atoms with Crippen LogP contribution in [0.3, 0.4) is 0 Å². The topological polar surface area (TPSA) is 54.0 Å². The number of amides is 1. The van der Waals surface area contributed by atoms with E-state index in [0.29, 0.717) is 16.4 Å². The smallest absolute Gasteiger partial charge is 0.266 e. The molecule has 1 aliphatic rings. The summed E-state index contributed by atoms with van der Waals surface area (Å²) in [5, 5.41) is 6.07. The third-order valence-electron chi connectivity index (χ3n) is 6.30. The summed E-state index contributed by atoms with van der Waals surface area (Å²) in [4.78, 5) is 19.8. The zero-order valence-electron chi connectivity index (χ0n) is 19.8. The molecule has 1 aromatic carbocycles. The van der Waals surface area contributed by atoms with Crippen LogP contribution in [0.2, 0.25) is 0 Å². The molecule has 0 bridgehead atoms. The molecule has 33 heavy (non-hydrogen) atoms. The SMILES string of the molecule is COc1ccc(C(c2c(NC(=O)c3cccs3)sc(C)c2C)N2CCN(C)CC2)cc1OC. The molecule has 3 heterocycles. The van der Waals surface area contributed by atoms with Gasteiger partial charge in [-0.05, 0) is 55.6 Å². The highest BCUT2D eigenvalue weighted by molar-refractivity contribution is 7.17. The highest BCUT2D eigenvalue weighted by atomic mass is 32.1. The van der Waals surface area contributed by atoms with Gasteiger partial charge in [-0.25, -0.2) is 0 Å². The minimum absolute atomic E-state index is 0.00194. The van der Waals surface area contributed by atoms with E-state index in [2.05, 4.69) is 48.1 Å². The number of piperazine rings is 1. The lowest BCUT2D eigenvalue weighted by atomic mass is 9.94. The van der Waals surface area contributed by atoms with E-state index in [9.17, 15) is 4.79 Å². The first-order valence-corrected chi connectivity index (χ1v) is 12.7. The molecule has 4 rings (SSSR count). The Morgan fingerprint density at radius 1 is 1.06 bits per heavy atom. The zero-order valence-corrected chi connectivity index (χ0v) is 21.4. The normalized spacial score (nSPS) is 15.9. The van der Waals surface area contributed by atoms with Crippen molar-refractivity contribution in [1.29, 1.82) is 0 Å². The van der Waals surface area contributed by atoms with Crippen molar-refractivity contribution >= 4 is 33.6 Å². The molecule has 176 valence electrons. The number of hydrogen-bond donors (Lipinski definition) is 1. The molecule has 3 aromatic rings. The Labute approximate surface area is 203 Å². The first kappa shape index (κ1) is 23.8. The molecule has 0 aliphatic carbocycles. The van der Waals surface area contributed by atoms with Crippen LogP contribution in [0.4, 0.5) is 5.00 Å². The van der Waals surface area contributed by atoms with Gasteiger partial charge in [0.05, 0.1) is 25.1 Å². The van der Waals surface area contributed by atoms with Gasteiger partial charge in [0.1, 0.15) is 5.00 Å². The number of carbonyl (C=O) groups excluding carboxylic acids is 1. The fourth-order valence-electron chi connectivity index (χ4n) is 4.30. The van der Waals surface area contributed by atoms with Gasteiger partial charge in [0, 0.05) is 36.6 Å². The second-order valence-corrected chi connectivity index (χ2v) is 10.5. The van der Waals surface area contributed by atoms with Crippen LogP contribution in [-0.4, -0.2) is 63.2 Å². The molecule has 0 radical (unpaired) electrons. The monoisotopic (exact) mass is 485 g/mol. The Balaban J connectivity index is 1.80. The van der Waals surface area contributed by atoms with Crippen LogP contribution in [0.5, 0.6) is 11.5 Å². The van der Waals surface area contributed by atoms with Crippen molar-refractivity contribution in [3.63, 3.8) is 0 Å². The van der Waals surface area contributed by atoms with Gasteiger partial charge >= 0.3 is 0 Å². The molecule has 1 unspecified atom stereocenters. The number of likely N-dealkylation sites (N-methyl/N-ethyl adjacent to an activating group) is 1. The zero-order chi connectivity index (χ0) is 23.5. The van der Waals surface area contributed by atoms with Gasteiger partial charge in [-0.3, -0.25) is 9.69 Å². The molecule has 1 atom stereocenters. The highest BCUT2D eigenvalue weighted by Gasteiger charge is 2.31. The minimum atomic E-state index is -0.0584. The molecular formula is C25H31N3O3S2. The Bertz CT molecular complexity index is 1100. The van der Waals surface area contributed by atoms with Crippen LogP contribution in [0.1, 0.15) is 37.3 Å². The average molecular weight is 486 g/mol. The maximum atomic E-state index is 13.0. The van der Waals surface area contributed by atoms with Crippen LogP contribution in [0, 0.1) is 13.8 Å². The summed E-state index contributed by atoms with van der Waals surface area (Å²) in [6.07, 6.45) is 0. The molecule has 8 heteroatoms. The van der Waals surface area contributed by atoms with Gasteiger partial charge in [-0.15, -0.1) is 22.7 Å². The predicted molar refractivity (Wildman–Crippen MR) is 137 cm³/mol. The van der Waals surface area contributed by atoms with E-state index < -0.39 is 0 Å². The number of ether oxygens (including phenoxy) is 2. The second kappa shape index (κ2) is 10.3. The van der Waals surface area contributed by atoms with Gasteiger partial charge in [0.25, 0.3) is 5.91 Å². The van der Waals surface area contributed by atoms with Crippen LogP contribution in [0.25, 0.3) is 0 Å². The molecular weight excluding hydrogens is 454 g/mol. The number of benzene rings is 1. The van der Waals surface area contributed by atoms with E-state index in [1.807, 2.05) is 23.6 Å². The van der Waals surface area contributed by atoms with Crippen molar-refractivity contribution in [3.8, 4) is 11.5 Å². The minimum Gasteiger partial charge on any atom is -0.493 e. The van der Waals surface area contributed by atoms with Crippen LogP contribution >= 0.6 is 22.7 Å². The van der Waals surface area contributed by atoms with E-state index in [-0.39, 0.29) is 11.9 Å². The van der Waals surface area contributed by atoms with Crippen LogP contribution in [-0.2, 0) is 0 Å². The second-order valence-electron chi connectivity index (χ2n) is 8.31. The van der Waals surface area contributed by atoms with Gasteiger partial charge in [-0.1, -0.05) is 12.1 Å². The van der Waals surface area contributed by atoms with E-state index >= 15 is 0 Å². The number of anilines is 1. The summed E-state index contributed by atoms with van der Waals surface area (Å²) in [6.45, 7) is 8.18. The number of nitrogens with zero attached hydrogens (tertiary/aromatic N) is 2. The fraction of sp³-hybridized carbons (Fsp3) is 0.400.